The molecule has 0 unspecified atom stereocenters. The number of hydrogen-bond donors (Lipinski definition) is 1. The van der Waals surface area contributed by atoms with Crippen molar-refractivity contribution in [3.05, 3.63) is 77.7 Å². The van der Waals surface area contributed by atoms with Crippen LogP contribution in [0.2, 0.25) is 0 Å². The Morgan fingerprint density at radius 3 is 2.53 bits per heavy atom. The van der Waals surface area contributed by atoms with Crippen molar-refractivity contribution in [1.29, 1.82) is 0 Å². The summed E-state index contributed by atoms with van der Waals surface area (Å²) < 4.78 is 45.2. The van der Waals surface area contributed by atoms with E-state index in [1.165, 1.54) is 18.2 Å². The summed E-state index contributed by atoms with van der Waals surface area (Å²) in [6.45, 7) is 1.58. The predicted octanol–water partition coefficient (Wildman–Crippen LogP) is 3.91. The topological polar surface area (TPSA) is 80.2 Å². The van der Waals surface area contributed by atoms with E-state index in [0.29, 0.717) is 44.7 Å². The van der Waals surface area contributed by atoms with E-state index in [9.17, 15) is 18.0 Å². The molecular formula is C24H24F3N5O2. The number of amides is 1. The van der Waals surface area contributed by atoms with Crippen LogP contribution in [0.15, 0.2) is 60.9 Å². The minimum atomic E-state index is -4.46. The van der Waals surface area contributed by atoms with Crippen molar-refractivity contribution in [1.82, 2.24) is 20.5 Å². The van der Waals surface area contributed by atoms with Gasteiger partial charge in [0.05, 0.1) is 5.56 Å². The Morgan fingerprint density at radius 1 is 1.06 bits per heavy atom. The second-order valence-electron chi connectivity index (χ2n) is 7.94. The average molecular weight is 471 g/mol. The van der Waals surface area contributed by atoms with Gasteiger partial charge in [-0.15, -0.1) is 10.2 Å². The number of nitrogens with zero attached hydrogens (tertiary/aromatic N) is 4. The summed E-state index contributed by atoms with van der Waals surface area (Å²) in [5, 5.41) is 11.0. The number of pyridine rings is 1. The van der Waals surface area contributed by atoms with Crippen LogP contribution < -0.4 is 15.0 Å². The molecule has 10 heteroatoms. The van der Waals surface area contributed by atoms with Crippen LogP contribution in [0.5, 0.6) is 5.75 Å². The summed E-state index contributed by atoms with van der Waals surface area (Å²) in [6, 6.07) is 12.4. The van der Waals surface area contributed by atoms with Gasteiger partial charge in [-0.2, -0.15) is 13.2 Å². The molecule has 1 N–H and O–H groups in total. The molecule has 34 heavy (non-hydrogen) atoms. The standard InChI is InChI=1S/C24H24F3N5O2/c25-24(26,27)19-5-1-2-6-21(19)34-18-10-14-32(15-11-18)22-8-7-20(30-31-22)23(33)29-13-9-17-4-3-12-28-16-17/h1-8,12,16,18H,9-11,13-15H2,(H,29,33). The van der Waals surface area contributed by atoms with Gasteiger partial charge in [-0.25, -0.2) is 0 Å². The first-order valence-corrected chi connectivity index (χ1v) is 11.0. The number of nitrogens with one attached hydrogen (secondary N) is 1. The van der Waals surface area contributed by atoms with Crippen molar-refractivity contribution >= 4 is 11.7 Å². The van der Waals surface area contributed by atoms with Crippen LogP contribution in [0.4, 0.5) is 19.0 Å². The molecule has 0 bridgehead atoms. The second-order valence-corrected chi connectivity index (χ2v) is 7.94. The number of alkyl halides is 3. The number of piperidine rings is 1. The third-order valence-electron chi connectivity index (χ3n) is 5.56. The van der Waals surface area contributed by atoms with Crippen LogP contribution in [-0.4, -0.2) is 46.8 Å². The SMILES string of the molecule is O=C(NCCc1cccnc1)c1ccc(N2CCC(Oc3ccccc3C(F)(F)F)CC2)nn1. The number of benzene rings is 1. The van der Waals surface area contributed by atoms with Crippen LogP contribution in [0.25, 0.3) is 0 Å². The van der Waals surface area contributed by atoms with Gasteiger partial charge in [-0.1, -0.05) is 18.2 Å². The van der Waals surface area contributed by atoms with E-state index in [0.717, 1.165) is 11.6 Å². The quantitative estimate of drug-likeness (QED) is 0.563. The molecule has 4 rings (SSSR count). The fourth-order valence-corrected chi connectivity index (χ4v) is 3.76. The minimum absolute atomic E-state index is 0.146. The highest BCUT2D eigenvalue weighted by molar-refractivity contribution is 5.92. The summed E-state index contributed by atoms with van der Waals surface area (Å²) in [5.74, 6) is 0.159. The molecule has 3 aromatic rings. The van der Waals surface area contributed by atoms with Crippen molar-refractivity contribution in [2.24, 2.45) is 0 Å². The number of ether oxygens (including phenoxy) is 1. The van der Waals surface area contributed by atoms with Crippen molar-refractivity contribution in [3.8, 4) is 5.75 Å². The van der Waals surface area contributed by atoms with E-state index in [2.05, 4.69) is 20.5 Å². The van der Waals surface area contributed by atoms with Crippen molar-refractivity contribution in [2.45, 2.75) is 31.5 Å². The molecule has 1 aliphatic heterocycles. The molecule has 1 aliphatic rings. The smallest absolute Gasteiger partial charge is 0.419 e. The Labute approximate surface area is 195 Å². The molecule has 0 atom stereocenters. The number of carbonyl (C=O) groups excluding carboxylic acids is 1. The zero-order chi connectivity index (χ0) is 24.0. The largest absolute Gasteiger partial charge is 0.490 e. The Kier molecular flexibility index (Phi) is 7.24. The zero-order valence-corrected chi connectivity index (χ0v) is 18.3. The Balaban J connectivity index is 1.27. The number of hydrogen-bond acceptors (Lipinski definition) is 6. The summed E-state index contributed by atoms with van der Waals surface area (Å²) in [7, 11) is 0. The minimum Gasteiger partial charge on any atom is -0.490 e. The van der Waals surface area contributed by atoms with Gasteiger partial charge >= 0.3 is 6.18 Å². The highest BCUT2D eigenvalue weighted by Crippen LogP contribution is 2.37. The van der Waals surface area contributed by atoms with Crippen molar-refractivity contribution < 1.29 is 22.7 Å². The van der Waals surface area contributed by atoms with Crippen LogP contribution in [-0.2, 0) is 12.6 Å². The number of halogens is 3. The fraction of sp³-hybridized carbons (Fsp3) is 0.333. The Bertz CT molecular complexity index is 1090. The first-order chi connectivity index (χ1) is 16.4. The number of para-hydroxylation sites is 1. The molecule has 7 nitrogen and oxygen atoms in total. The monoisotopic (exact) mass is 471 g/mol. The van der Waals surface area contributed by atoms with E-state index in [-0.39, 0.29) is 23.5 Å². The molecule has 0 saturated carbocycles. The molecule has 1 saturated heterocycles. The molecule has 1 amide bonds. The van der Waals surface area contributed by atoms with Gasteiger partial charge in [0, 0.05) is 44.9 Å². The Morgan fingerprint density at radius 2 is 1.85 bits per heavy atom. The predicted molar refractivity (Wildman–Crippen MR) is 120 cm³/mol. The van der Waals surface area contributed by atoms with Crippen LogP contribution in [0.1, 0.15) is 34.5 Å². The van der Waals surface area contributed by atoms with Gasteiger partial charge in [0.25, 0.3) is 5.91 Å². The average Bonchev–Trinajstić information content (AvgIpc) is 2.85. The number of anilines is 1. The van der Waals surface area contributed by atoms with E-state index in [1.54, 1.807) is 24.5 Å². The molecule has 3 heterocycles. The molecule has 1 aromatic carbocycles. The maximum absolute atomic E-state index is 13.2. The summed E-state index contributed by atoms with van der Waals surface area (Å²) in [4.78, 5) is 18.3. The maximum atomic E-state index is 13.2. The summed E-state index contributed by atoms with van der Waals surface area (Å²) in [5.41, 5.74) is 0.480. The first-order valence-electron chi connectivity index (χ1n) is 11.0. The molecule has 2 aromatic heterocycles. The van der Waals surface area contributed by atoms with Gasteiger partial charge in [0.2, 0.25) is 0 Å². The van der Waals surface area contributed by atoms with E-state index in [1.807, 2.05) is 17.0 Å². The molecule has 1 fully saturated rings. The Hall–Kier alpha value is -3.69. The molecule has 0 spiro atoms. The third-order valence-corrected chi connectivity index (χ3v) is 5.56. The van der Waals surface area contributed by atoms with E-state index in [4.69, 9.17) is 4.74 Å². The molecular weight excluding hydrogens is 447 g/mol. The van der Waals surface area contributed by atoms with Gasteiger partial charge in [-0.05, 0) is 42.3 Å². The highest BCUT2D eigenvalue weighted by Gasteiger charge is 2.35. The van der Waals surface area contributed by atoms with E-state index < -0.39 is 11.7 Å². The molecule has 0 aliphatic carbocycles. The lowest BCUT2D eigenvalue weighted by Crippen LogP contribution is -2.39. The second kappa shape index (κ2) is 10.5. The lowest BCUT2D eigenvalue weighted by Gasteiger charge is -2.33. The normalized spacial score (nSPS) is 14.6. The van der Waals surface area contributed by atoms with Crippen molar-refractivity contribution in [2.75, 3.05) is 24.5 Å². The molecule has 178 valence electrons. The summed E-state index contributed by atoms with van der Waals surface area (Å²) >= 11 is 0. The van der Waals surface area contributed by atoms with Gasteiger partial charge < -0.3 is 15.0 Å². The van der Waals surface area contributed by atoms with Crippen LogP contribution >= 0.6 is 0 Å². The third kappa shape index (κ3) is 6.00. The lowest BCUT2D eigenvalue weighted by molar-refractivity contribution is -0.139. The van der Waals surface area contributed by atoms with E-state index >= 15 is 0 Å². The van der Waals surface area contributed by atoms with Gasteiger partial charge in [0.15, 0.2) is 11.5 Å². The number of rotatable bonds is 7. The van der Waals surface area contributed by atoms with Crippen LogP contribution in [0.3, 0.4) is 0 Å². The first kappa shape index (κ1) is 23.5. The molecule has 0 radical (unpaired) electrons. The zero-order valence-electron chi connectivity index (χ0n) is 18.3. The van der Waals surface area contributed by atoms with Crippen molar-refractivity contribution in [3.63, 3.8) is 0 Å². The number of carbonyl (C=O) groups is 1. The fourth-order valence-electron chi connectivity index (χ4n) is 3.76. The lowest BCUT2D eigenvalue weighted by atomic mass is 10.1. The highest BCUT2D eigenvalue weighted by atomic mass is 19.4. The number of aromatic nitrogens is 3. The summed E-state index contributed by atoms with van der Waals surface area (Å²) in [6.07, 6.45) is 0.424. The maximum Gasteiger partial charge on any atom is 0.419 e. The van der Waals surface area contributed by atoms with Crippen LogP contribution in [0, 0.1) is 0 Å². The van der Waals surface area contributed by atoms with Gasteiger partial charge in [-0.3, -0.25) is 9.78 Å². The van der Waals surface area contributed by atoms with Gasteiger partial charge in [0.1, 0.15) is 11.9 Å².